The zero-order chi connectivity index (χ0) is 27.6. The molecular weight excluding hydrogens is 527 g/mol. The number of hydrogen-bond donors (Lipinski definition) is 1. The lowest BCUT2D eigenvalue weighted by Crippen LogP contribution is -2.51. The summed E-state index contributed by atoms with van der Waals surface area (Å²) < 4.78 is 13.9. The monoisotopic (exact) mass is 548 g/mol. The van der Waals surface area contributed by atoms with E-state index in [0.717, 1.165) is 11.3 Å². The highest BCUT2D eigenvalue weighted by Gasteiger charge is 2.70. The largest absolute Gasteiger partial charge is 0.352 e. The molecule has 4 aromatic carbocycles. The topological polar surface area (TPSA) is 66.5 Å². The molecule has 7 rings (SSSR count). The van der Waals surface area contributed by atoms with E-state index in [9.17, 15) is 18.8 Å². The predicted molar refractivity (Wildman–Crippen MR) is 152 cm³/mol. The van der Waals surface area contributed by atoms with E-state index in [1.807, 2.05) is 59.5 Å². The lowest BCUT2D eigenvalue weighted by atomic mass is 9.64. The minimum Gasteiger partial charge on any atom is -0.352 e. The van der Waals surface area contributed by atoms with Crippen LogP contribution in [0.3, 0.4) is 0 Å². The summed E-state index contributed by atoms with van der Waals surface area (Å²) in [6.07, 6.45) is 3.85. The molecule has 3 heterocycles. The Hall–Kier alpha value is -4.55. The van der Waals surface area contributed by atoms with Crippen molar-refractivity contribution in [2.45, 2.75) is 17.5 Å². The van der Waals surface area contributed by atoms with Crippen molar-refractivity contribution in [2.24, 2.45) is 5.92 Å². The van der Waals surface area contributed by atoms with Crippen LogP contribution in [-0.2, 0) is 10.2 Å². The average Bonchev–Trinajstić information content (AvgIpc) is 3.45. The Morgan fingerprint density at radius 3 is 2.35 bits per heavy atom. The number of carbonyl (C=O) groups is 3. The van der Waals surface area contributed by atoms with Gasteiger partial charge in [0.15, 0.2) is 11.6 Å². The molecule has 0 saturated carbocycles. The van der Waals surface area contributed by atoms with Crippen LogP contribution >= 0.6 is 11.6 Å². The lowest BCUT2D eigenvalue weighted by molar-refractivity contribution is -0.121. The maximum absolute atomic E-state index is 14.6. The second-order valence-electron chi connectivity index (χ2n) is 10.3. The van der Waals surface area contributed by atoms with E-state index in [4.69, 9.17) is 11.6 Å². The molecule has 0 bridgehead atoms. The second-order valence-corrected chi connectivity index (χ2v) is 10.7. The molecule has 7 heteroatoms. The number of nitrogens with one attached hydrogen (secondary N) is 1. The Bertz CT molecular complexity index is 1750. The highest BCUT2D eigenvalue weighted by atomic mass is 35.5. The number of rotatable bonds is 4. The van der Waals surface area contributed by atoms with Crippen LogP contribution in [0.25, 0.3) is 6.08 Å². The maximum Gasteiger partial charge on any atom is 0.238 e. The number of halogens is 2. The summed E-state index contributed by atoms with van der Waals surface area (Å²) in [5, 5.41) is 3.25. The third-order valence-electron chi connectivity index (χ3n) is 8.36. The van der Waals surface area contributed by atoms with E-state index in [-0.39, 0.29) is 27.8 Å². The second kappa shape index (κ2) is 9.00. The van der Waals surface area contributed by atoms with Gasteiger partial charge in [-0.3, -0.25) is 14.4 Å². The molecule has 3 aliphatic heterocycles. The number of ketones is 2. The molecule has 0 radical (unpaired) electrons. The molecule has 0 aromatic heterocycles. The fourth-order valence-corrected chi connectivity index (χ4v) is 6.96. The van der Waals surface area contributed by atoms with E-state index in [0.29, 0.717) is 11.3 Å². The first-order chi connectivity index (χ1) is 19.4. The van der Waals surface area contributed by atoms with Crippen molar-refractivity contribution < 1.29 is 18.8 Å². The van der Waals surface area contributed by atoms with Crippen molar-refractivity contribution in [3.63, 3.8) is 0 Å². The summed E-state index contributed by atoms with van der Waals surface area (Å²) in [5.74, 6) is -2.78. The van der Waals surface area contributed by atoms with E-state index >= 15 is 0 Å². The zero-order valence-corrected chi connectivity index (χ0v) is 21.8. The molecule has 0 unspecified atom stereocenters. The molecule has 5 nitrogen and oxygen atoms in total. The first kappa shape index (κ1) is 24.5. The van der Waals surface area contributed by atoms with Crippen LogP contribution in [0.2, 0.25) is 5.02 Å². The fourth-order valence-electron chi connectivity index (χ4n) is 6.73. The number of nitrogens with zero attached hydrogens (tertiary/aromatic N) is 1. The number of carbonyl (C=O) groups excluding carboxylic acids is 3. The van der Waals surface area contributed by atoms with Gasteiger partial charge >= 0.3 is 0 Å². The molecule has 1 spiro atoms. The van der Waals surface area contributed by atoms with Crippen molar-refractivity contribution in [3.8, 4) is 0 Å². The number of fused-ring (bicyclic) bond motifs is 6. The van der Waals surface area contributed by atoms with Crippen LogP contribution in [0.1, 0.15) is 31.8 Å². The van der Waals surface area contributed by atoms with E-state index in [2.05, 4.69) is 5.32 Å². The van der Waals surface area contributed by atoms with Crippen molar-refractivity contribution >= 4 is 46.5 Å². The average molecular weight is 549 g/mol. The summed E-state index contributed by atoms with van der Waals surface area (Å²) in [4.78, 5) is 45.4. The highest BCUT2D eigenvalue weighted by Crippen LogP contribution is 2.58. The minimum atomic E-state index is -1.44. The molecule has 1 fully saturated rings. The van der Waals surface area contributed by atoms with E-state index in [1.165, 1.54) is 24.3 Å². The van der Waals surface area contributed by atoms with Gasteiger partial charge in [0.2, 0.25) is 5.91 Å². The molecule has 1 amide bonds. The van der Waals surface area contributed by atoms with Gasteiger partial charge in [0.25, 0.3) is 0 Å². The van der Waals surface area contributed by atoms with Crippen LogP contribution in [0.5, 0.6) is 0 Å². The van der Waals surface area contributed by atoms with Crippen LogP contribution < -0.4 is 10.2 Å². The van der Waals surface area contributed by atoms with Gasteiger partial charge in [0.1, 0.15) is 17.3 Å². The van der Waals surface area contributed by atoms with Crippen molar-refractivity contribution in [2.75, 3.05) is 10.2 Å². The van der Waals surface area contributed by atoms with Crippen LogP contribution in [0.4, 0.5) is 15.8 Å². The first-order valence-corrected chi connectivity index (χ1v) is 13.4. The Morgan fingerprint density at radius 2 is 1.55 bits per heavy atom. The minimum absolute atomic E-state index is 0.219. The zero-order valence-electron chi connectivity index (χ0n) is 21.1. The summed E-state index contributed by atoms with van der Waals surface area (Å²) in [5.41, 5.74) is 1.90. The van der Waals surface area contributed by atoms with Gasteiger partial charge < -0.3 is 10.2 Å². The van der Waals surface area contributed by atoms with Gasteiger partial charge in [-0.2, -0.15) is 0 Å². The Labute approximate surface area is 234 Å². The number of Topliss-reactive ketones (excluding diaryl/α,β-unsaturated/α-hetero) is 2. The Morgan fingerprint density at radius 1 is 0.850 bits per heavy atom. The molecule has 1 saturated heterocycles. The number of amides is 1. The smallest absolute Gasteiger partial charge is 0.238 e. The molecule has 0 aliphatic carbocycles. The maximum atomic E-state index is 14.6. The molecular formula is C33H22ClFN2O3. The van der Waals surface area contributed by atoms with Gasteiger partial charge in [-0.05, 0) is 59.7 Å². The normalized spacial score (nSPS) is 23.9. The van der Waals surface area contributed by atoms with E-state index < -0.39 is 35.0 Å². The number of benzene rings is 4. The molecule has 40 heavy (non-hydrogen) atoms. The van der Waals surface area contributed by atoms with Gasteiger partial charge in [0.05, 0.1) is 17.0 Å². The van der Waals surface area contributed by atoms with Crippen molar-refractivity contribution in [3.05, 3.63) is 136 Å². The van der Waals surface area contributed by atoms with Gasteiger partial charge in [0, 0.05) is 22.5 Å². The molecule has 4 aromatic rings. The van der Waals surface area contributed by atoms with Crippen molar-refractivity contribution in [1.82, 2.24) is 0 Å². The molecule has 4 atom stereocenters. The summed E-state index contributed by atoms with van der Waals surface area (Å²) in [7, 11) is 0. The number of para-hydroxylation sites is 2. The standard InChI is InChI=1S/C33H22ClFN2O3/c34-24-10-4-2-8-22(24)31(39)29-28(30(38)20-13-16-21(35)17-14-20)33(23-9-3-5-11-25(23)36-32(33)40)27-18-15-19-7-1-6-12-26(19)37(27)29/h1-18,27-29H,(H,36,40)/t27-,28+,29-,33-/m0/s1. The van der Waals surface area contributed by atoms with Crippen LogP contribution in [-0.4, -0.2) is 29.6 Å². The van der Waals surface area contributed by atoms with Gasteiger partial charge in [-0.1, -0.05) is 72.3 Å². The highest BCUT2D eigenvalue weighted by molar-refractivity contribution is 6.34. The number of anilines is 2. The molecule has 3 aliphatic rings. The van der Waals surface area contributed by atoms with Gasteiger partial charge in [-0.15, -0.1) is 0 Å². The quantitative estimate of drug-likeness (QED) is 0.302. The lowest BCUT2D eigenvalue weighted by Gasteiger charge is -2.37. The SMILES string of the molecule is O=C(c1ccccc1Cl)[C@@H]1[C@H](C(=O)c2ccc(F)cc2)[C@@]2(C(=O)Nc3ccccc32)[C@@H]2C=Cc3ccccc3N12. The predicted octanol–water partition coefficient (Wildman–Crippen LogP) is 6.34. The Balaban J connectivity index is 1.55. The van der Waals surface area contributed by atoms with Crippen LogP contribution in [0, 0.1) is 11.7 Å². The van der Waals surface area contributed by atoms with Gasteiger partial charge in [-0.25, -0.2) is 4.39 Å². The molecule has 196 valence electrons. The third-order valence-corrected chi connectivity index (χ3v) is 8.69. The Kier molecular flexibility index (Phi) is 5.51. The first-order valence-electron chi connectivity index (χ1n) is 13.0. The number of hydrogen-bond acceptors (Lipinski definition) is 4. The summed E-state index contributed by atoms with van der Waals surface area (Å²) >= 11 is 6.54. The van der Waals surface area contributed by atoms with Crippen molar-refractivity contribution in [1.29, 1.82) is 0 Å². The summed E-state index contributed by atoms with van der Waals surface area (Å²) in [6, 6.07) is 25.1. The summed E-state index contributed by atoms with van der Waals surface area (Å²) in [6.45, 7) is 0. The third kappa shape index (κ3) is 3.29. The fraction of sp³-hybridized carbons (Fsp3) is 0.121. The molecule has 1 N–H and O–H groups in total. The van der Waals surface area contributed by atoms with E-state index in [1.54, 1.807) is 30.3 Å². The van der Waals surface area contributed by atoms with Crippen LogP contribution in [0.15, 0.2) is 103 Å².